The number of aliphatic hydroxyl groups excluding tert-OH is 1. The fourth-order valence-electron chi connectivity index (χ4n) is 2.89. The number of esters is 1. The first-order valence-electron chi connectivity index (χ1n) is 7.15. The Bertz CT molecular complexity index is 671. The van der Waals surface area contributed by atoms with Crippen molar-refractivity contribution in [1.29, 1.82) is 0 Å². The lowest BCUT2D eigenvalue weighted by Crippen LogP contribution is -2.36. The molecule has 9 heteroatoms. The van der Waals surface area contributed by atoms with Crippen LogP contribution in [0, 0.1) is 0 Å². The van der Waals surface area contributed by atoms with Gasteiger partial charge < -0.3 is 24.1 Å². The molecule has 1 aromatic heterocycles. The van der Waals surface area contributed by atoms with Crippen molar-refractivity contribution >= 4 is 5.97 Å². The van der Waals surface area contributed by atoms with Gasteiger partial charge in [0.25, 0.3) is 5.56 Å². The number of carbonyl (C=O) groups excluding carboxylic acids is 1. The predicted molar refractivity (Wildman–Crippen MR) is 74.7 cm³/mol. The molecule has 0 spiro atoms. The number of aliphatic hydroxyl groups is 1. The Morgan fingerprint density at radius 1 is 1.43 bits per heavy atom. The summed E-state index contributed by atoms with van der Waals surface area (Å²) in [6.07, 6.45) is 0.130. The number of hydrogen-bond donors (Lipinski definition) is 1. The summed E-state index contributed by atoms with van der Waals surface area (Å²) < 4.78 is 23.0. The number of nitrogens with zero attached hydrogens (tertiary/aromatic N) is 2. The van der Waals surface area contributed by atoms with E-state index in [0.717, 1.165) is 0 Å². The number of fused-ring (bicyclic) bond motifs is 1. The topological polar surface area (TPSA) is 109 Å². The molecule has 1 aromatic rings. The first-order valence-corrected chi connectivity index (χ1v) is 7.15. The highest BCUT2D eigenvalue weighted by molar-refractivity contribution is 5.86. The average molecular weight is 326 g/mol. The average Bonchev–Trinajstić information content (AvgIpc) is 2.99. The van der Waals surface area contributed by atoms with Gasteiger partial charge in [0.1, 0.15) is 18.3 Å². The summed E-state index contributed by atoms with van der Waals surface area (Å²) in [5.74, 6) is -1.69. The normalized spacial score (nSPS) is 31.8. The first kappa shape index (κ1) is 16.1. The molecular formula is C14H18N2O7. The number of methoxy groups -OCH3 is 1. The highest BCUT2D eigenvalue weighted by Crippen LogP contribution is 2.42. The van der Waals surface area contributed by atoms with Crippen LogP contribution in [-0.2, 0) is 18.9 Å². The van der Waals surface area contributed by atoms with Crippen molar-refractivity contribution in [3.63, 3.8) is 0 Å². The summed E-state index contributed by atoms with van der Waals surface area (Å²) in [5.41, 5.74) is -1.00. The first-order chi connectivity index (χ1) is 10.9. The molecule has 2 saturated heterocycles. The standard InChI is InChI=1S/C14H18N2O7/c1-14(2)22-9-7(6-17)21-12(10(9)23-14)16-5-4-15-8(11(16)18)13(19)20-3/h4-5,7,9-10,12,17H,6H2,1-3H3/t7-,9+,10-,12-/m1/s1. The van der Waals surface area contributed by atoms with Gasteiger partial charge in [-0.15, -0.1) is 0 Å². The second-order valence-electron chi connectivity index (χ2n) is 5.79. The van der Waals surface area contributed by atoms with Crippen molar-refractivity contribution in [3.8, 4) is 0 Å². The summed E-state index contributed by atoms with van der Waals surface area (Å²) in [4.78, 5) is 27.8. The molecule has 0 amide bonds. The van der Waals surface area contributed by atoms with Gasteiger partial charge in [0.15, 0.2) is 12.0 Å². The van der Waals surface area contributed by atoms with Gasteiger partial charge in [-0.25, -0.2) is 9.78 Å². The molecule has 126 valence electrons. The van der Waals surface area contributed by atoms with Crippen LogP contribution in [0.5, 0.6) is 0 Å². The lowest BCUT2D eigenvalue weighted by Gasteiger charge is -2.24. The molecule has 9 nitrogen and oxygen atoms in total. The van der Waals surface area contributed by atoms with Gasteiger partial charge in [-0.05, 0) is 13.8 Å². The van der Waals surface area contributed by atoms with E-state index in [1.54, 1.807) is 13.8 Å². The summed E-state index contributed by atoms with van der Waals surface area (Å²) in [6, 6.07) is 0. The van der Waals surface area contributed by atoms with Gasteiger partial charge in [0.05, 0.1) is 13.7 Å². The third-order valence-electron chi connectivity index (χ3n) is 3.83. The molecular weight excluding hydrogens is 308 g/mol. The van der Waals surface area contributed by atoms with Crippen molar-refractivity contribution < 1.29 is 28.8 Å². The molecule has 1 N–H and O–H groups in total. The van der Waals surface area contributed by atoms with Crippen LogP contribution in [-0.4, -0.2) is 58.4 Å². The third-order valence-corrected chi connectivity index (χ3v) is 3.83. The quantitative estimate of drug-likeness (QED) is 0.736. The Labute approximate surface area is 131 Å². The van der Waals surface area contributed by atoms with Crippen LogP contribution in [0.25, 0.3) is 0 Å². The summed E-state index contributed by atoms with van der Waals surface area (Å²) in [6.45, 7) is 3.21. The molecule has 0 unspecified atom stereocenters. The fraction of sp³-hybridized carbons (Fsp3) is 0.643. The van der Waals surface area contributed by atoms with Crippen LogP contribution in [0.4, 0.5) is 0 Å². The van der Waals surface area contributed by atoms with Gasteiger partial charge in [0.2, 0.25) is 5.69 Å². The van der Waals surface area contributed by atoms with Crippen LogP contribution in [0.2, 0.25) is 0 Å². The molecule has 2 aliphatic rings. The fourth-order valence-corrected chi connectivity index (χ4v) is 2.89. The zero-order valence-electron chi connectivity index (χ0n) is 13.0. The Balaban J connectivity index is 1.99. The van der Waals surface area contributed by atoms with E-state index in [2.05, 4.69) is 9.72 Å². The van der Waals surface area contributed by atoms with Crippen molar-refractivity contribution in [2.45, 2.75) is 44.2 Å². The zero-order chi connectivity index (χ0) is 16.8. The van der Waals surface area contributed by atoms with Crippen LogP contribution >= 0.6 is 0 Å². The van der Waals surface area contributed by atoms with Gasteiger partial charge >= 0.3 is 5.97 Å². The zero-order valence-corrected chi connectivity index (χ0v) is 13.0. The molecule has 4 atom stereocenters. The Morgan fingerprint density at radius 2 is 2.13 bits per heavy atom. The predicted octanol–water partition coefficient (Wildman–Crippen LogP) is -0.560. The molecule has 2 fully saturated rings. The van der Waals surface area contributed by atoms with Crippen LogP contribution < -0.4 is 5.56 Å². The van der Waals surface area contributed by atoms with E-state index in [-0.39, 0.29) is 12.3 Å². The minimum Gasteiger partial charge on any atom is -0.464 e. The second kappa shape index (κ2) is 5.68. The van der Waals surface area contributed by atoms with E-state index in [0.29, 0.717) is 0 Å². The molecule has 0 saturated carbocycles. The smallest absolute Gasteiger partial charge is 0.362 e. The van der Waals surface area contributed by atoms with Crippen molar-refractivity contribution in [3.05, 3.63) is 28.4 Å². The summed E-state index contributed by atoms with van der Waals surface area (Å²) in [5, 5.41) is 9.46. The second-order valence-corrected chi connectivity index (χ2v) is 5.79. The summed E-state index contributed by atoms with van der Waals surface area (Å²) >= 11 is 0. The van der Waals surface area contributed by atoms with E-state index in [1.165, 1.54) is 24.1 Å². The lowest BCUT2D eigenvalue weighted by atomic mass is 10.1. The van der Waals surface area contributed by atoms with E-state index >= 15 is 0 Å². The minimum absolute atomic E-state index is 0.277. The maximum absolute atomic E-state index is 12.5. The molecule has 0 bridgehead atoms. The monoisotopic (exact) mass is 326 g/mol. The highest BCUT2D eigenvalue weighted by atomic mass is 16.8. The Kier molecular flexibility index (Phi) is 3.96. The van der Waals surface area contributed by atoms with E-state index < -0.39 is 41.9 Å². The molecule has 23 heavy (non-hydrogen) atoms. The highest BCUT2D eigenvalue weighted by Gasteiger charge is 2.55. The van der Waals surface area contributed by atoms with Crippen LogP contribution in [0.1, 0.15) is 30.6 Å². The van der Waals surface area contributed by atoms with Crippen LogP contribution in [0.15, 0.2) is 17.2 Å². The number of hydrogen-bond acceptors (Lipinski definition) is 8. The Morgan fingerprint density at radius 3 is 2.78 bits per heavy atom. The van der Waals surface area contributed by atoms with Crippen molar-refractivity contribution in [2.24, 2.45) is 0 Å². The molecule has 3 rings (SSSR count). The van der Waals surface area contributed by atoms with E-state index in [1.807, 2.05) is 0 Å². The maximum atomic E-state index is 12.5. The van der Waals surface area contributed by atoms with Gasteiger partial charge in [-0.1, -0.05) is 0 Å². The Hall–Kier alpha value is -1.81. The van der Waals surface area contributed by atoms with Gasteiger partial charge in [-0.2, -0.15) is 0 Å². The van der Waals surface area contributed by atoms with Gasteiger partial charge in [0, 0.05) is 12.4 Å². The largest absolute Gasteiger partial charge is 0.464 e. The molecule has 0 aromatic carbocycles. The van der Waals surface area contributed by atoms with Crippen molar-refractivity contribution in [2.75, 3.05) is 13.7 Å². The summed E-state index contributed by atoms with van der Waals surface area (Å²) in [7, 11) is 1.17. The number of aromatic nitrogens is 2. The molecule has 0 radical (unpaired) electrons. The minimum atomic E-state index is -0.855. The maximum Gasteiger partial charge on any atom is 0.362 e. The van der Waals surface area contributed by atoms with E-state index in [4.69, 9.17) is 14.2 Å². The molecule has 3 heterocycles. The van der Waals surface area contributed by atoms with Crippen molar-refractivity contribution in [1.82, 2.24) is 9.55 Å². The van der Waals surface area contributed by atoms with Crippen LogP contribution in [0.3, 0.4) is 0 Å². The third kappa shape index (κ3) is 2.65. The number of rotatable bonds is 3. The van der Waals surface area contributed by atoms with Gasteiger partial charge in [-0.3, -0.25) is 9.36 Å². The molecule has 0 aliphatic carbocycles. The lowest BCUT2D eigenvalue weighted by molar-refractivity contribution is -0.200. The van der Waals surface area contributed by atoms with E-state index in [9.17, 15) is 14.7 Å². The molecule has 2 aliphatic heterocycles. The number of carbonyl (C=O) groups is 1. The number of ether oxygens (including phenoxy) is 4. The SMILES string of the molecule is COC(=O)c1nccn([C@@H]2O[C@H](CO)[C@@H]3OC(C)(C)O[C@H]32)c1=O.